The number of halogens is 3. The number of rotatable bonds is 2. The zero-order chi connectivity index (χ0) is 10.0. The average Bonchev–Trinajstić information content (AvgIpc) is 2.09. The van der Waals surface area contributed by atoms with Crippen molar-refractivity contribution in [2.45, 2.75) is 5.88 Å². The summed E-state index contributed by atoms with van der Waals surface area (Å²) in [5.41, 5.74) is 0.0738. The molecule has 70 valence electrons. The highest BCUT2D eigenvalue weighted by Gasteiger charge is 2.17. The molecule has 0 aliphatic rings. The zero-order valence-electron chi connectivity index (χ0n) is 6.26. The second-order valence-electron chi connectivity index (χ2n) is 2.30. The second kappa shape index (κ2) is 4.02. The Bertz CT molecular complexity index is 359. The average molecular weight is 268 g/mol. The number of nitro benzene ring substituents is 1. The summed E-state index contributed by atoms with van der Waals surface area (Å²) in [5, 5.41) is 10.4. The molecule has 0 bridgehead atoms. The van der Waals surface area contributed by atoms with Crippen molar-refractivity contribution >= 4 is 33.2 Å². The third kappa shape index (κ3) is 2.16. The maximum absolute atomic E-state index is 13.0. The maximum atomic E-state index is 13.0. The van der Waals surface area contributed by atoms with Crippen molar-refractivity contribution in [3.63, 3.8) is 0 Å². The summed E-state index contributed by atoms with van der Waals surface area (Å²) >= 11 is 8.21. The molecular formula is C7H4BrClFNO2. The lowest BCUT2D eigenvalue weighted by molar-refractivity contribution is -0.385. The van der Waals surface area contributed by atoms with Crippen LogP contribution in [0.4, 0.5) is 10.1 Å². The van der Waals surface area contributed by atoms with Crippen LogP contribution in [0.5, 0.6) is 0 Å². The standard InChI is InChI=1S/C7H4BrClFNO2/c8-7-5(10)1-4(3-9)2-6(7)11(12)13/h1-2H,3H2. The van der Waals surface area contributed by atoms with E-state index >= 15 is 0 Å². The fourth-order valence-electron chi connectivity index (χ4n) is 0.839. The Morgan fingerprint density at radius 3 is 2.69 bits per heavy atom. The molecule has 0 aliphatic carbocycles. The minimum absolute atomic E-state index is 0.0467. The van der Waals surface area contributed by atoms with Crippen LogP contribution in [0, 0.1) is 15.9 Å². The molecule has 6 heteroatoms. The Kier molecular flexibility index (Phi) is 3.22. The summed E-state index contributed by atoms with van der Waals surface area (Å²) in [4.78, 5) is 9.74. The van der Waals surface area contributed by atoms with E-state index in [-0.39, 0.29) is 16.0 Å². The predicted molar refractivity (Wildman–Crippen MR) is 50.3 cm³/mol. The number of nitro groups is 1. The minimum Gasteiger partial charge on any atom is -0.258 e. The first-order valence-corrected chi connectivity index (χ1v) is 4.57. The quantitative estimate of drug-likeness (QED) is 0.469. The Morgan fingerprint density at radius 1 is 1.62 bits per heavy atom. The molecule has 0 fully saturated rings. The predicted octanol–water partition coefficient (Wildman–Crippen LogP) is 3.24. The van der Waals surface area contributed by atoms with Gasteiger partial charge in [0.25, 0.3) is 5.69 Å². The molecule has 0 atom stereocenters. The fraction of sp³-hybridized carbons (Fsp3) is 0.143. The lowest BCUT2D eigenvalue weighted by Crippen LogP contribution is -1.93. The van der Waals surface area contributed by atoms with Gasteiger partial charge in [-0.05, 0) is 27.6 Å². The first-order valence-electron chi connectivity index (χ1n) is 3.24. The van der Waals surface area contributed by atoms with Gasteiger partial charge in [0.15, 0.2) is 0 Å². The molecule has 3 nitrogen and oxygen atoms in total. The summed E-state index contributed by atoms with van der Waals surface area (Å²) in [6, 6.07) is 2.39. The van der Waals surface area contributed by atoms with Crippen LogP contribution in [-0.4, -0.2) is 4.92 Å². The van der Waals surface area contributed by atoms with Gasteiger partial charge in [-0.1, -0.05) is 0 Å². The van der Waals surface area contributed by atoms with Gasteiger partial charge >= 0.3 is 0 Å². The molecule has 0 spiro atoms. The lowest BCUT2D eigenvalue weighted by Gasteiger charge is -1.99. The van der Waals surface area contributed by atoms with E-state index < -0.39 is 10.7 Å². The van der Waals surface area contributed by atoms with Crippen molar-refractivity contribution in [2.24, 2.45) is 0 Å². The van der Waals surface area contributed by atoms with Crippen LogP contribution < -0.4 is 0 Å². The molecule has 0 saturated carbocycles. The molecule has 0 aliphatic heterocycles. The van der Waals surface area contributed by atoms with Gasteiger partial charge in [-0.2, -0.15) is 0 Å². The molecule has 0 unspecified atom stereocenters. The summed E-state index contributed by atoms with van der Waals surface area (Å²) < 4.78 is 12.8. The monoisotopic (exact) mass is 267 g/mol. The van der Waals surface area contributed by atoms with Gasteiger partial charge in [0.2, 0.25) is 0 Å². The van der Waals surface area contributed by atoms with E-state index in [1.54, 1.807) is 0 Å². The van der Waals surface area contributed by atoms with Crippen LogP contribution in [0.25, 0.3) is 0 Å². The molecule has 0 radical (unpaired) electrons. The van der Waals surface area contributed by atoms with Crippen LogP contribution in [0.15, 0.2) is 16.6 Å². The first-order chi connectivity index (χ1) is 6.06. The van der Waals surface area contributed by atoms with Gasteiger partial charge in [0.05, 0.1) is 4.92 Å². The Labute approximate surface area is 86.8 Å². The summed E-state index contributed by atoms with van der Waals surface area (Å²) in [5.74, 6) is -0.629. The molecule has 0 saturated heterocycles. The molecule has 0 heterocycles. The summed E-state index contributed by atoms with van der Waals surface area (Å²) in [6.45, 7) is 0. The second-order valence-corrected chi connectivity index (χ2v) is 3.36. The summed E-state index contributed by atoms with van der Waals surface area (Å²) in [6.07, 6.45) is 0. The number of benzene rings is 1. The number of alkyl halides is 1. The lowest BCUT2D eigenvalue weighted by atomic mass is 10.2. The van der Waals surface area contributed by atoms with E-state index in [4.69, 9.17) is 11.6 Å². The number of hydrogen-bond donors (Lipinski definition) is 0. The van der Waals surface area contributed by atoms with Crippen LogP contribution in [0.3, 0.4) is 0 Å². The Balaban J connectivity index is 3.33. The van der Waals surface area contributed by atoms with Crippen LogP contribution >= 0.6 is 27.5 Å². The van der Waals surface area contributed by atoms with Crippen LogP contribution in [0.2, 0.25) is 0 Å². The highest BCUT2D eigenvalue weighted by atomic mass is 79.9. The van der Waals surface area contributed by atoms with Gasteiger partial charge < -0.3 is 0 Å². The molecule has 0 aromatic heterocycles. The van der Waals surface area contributed by atoms with Gasteiger partial charge in [0, 0.05) is 11.9 Å². The van der Waals surface area contributed by atoms with Gasteiger partial charge in [0.1, 0.15) is 10.3 Å². The van der Waals surface area contributed by atoms with E-state index in [1.165, 1.54) is 6.07 Å². The molecule has 13 heavy (non-hydrogen) atoms. The van der Waals surface area contributed by atoms with Crippen LogP contribution in [0.1, 0.15) is 5.56 Å². The van der Waals surface area contributed by atoms with Gasteiger partial charge in [-0.15, -0.1) is 11.6 Å². The Morgan fingerprint density at radius 2 is 2.23 bits per heavy atom. The summed E-state index contributed by atoms with van der Waals surface area (Å²) in [7, 11) is 0. The number of hydrogen-bond acceptors (Lipinski definition) is 2. The molecule has 0 amide bonds. The molecule has 1 rings (SSSR count). The van der Waals surface area contributed by atoms with Crippen molar-refractivity contribution in [3.8, 4) is 0 Å². The molecule has 1 aromatic rings. The van der Waals surface area contributed by atoms with Gasteiger partial charge in [-0.3, -0.25) is 10.1 Å². The highest BCUT2D eigenvalue weighted by Crippen LogP contribution is 2.29. The molecular weight excluding hydrogens is 264 g/mol. The van der Waals surface area contributed by atoms with Crippen molar-refractivity contribution < 1.29 is 9.31 Å². The Hall–Kier alpha value is -0.680. The van der Waals surface area contributed by atoms with E-state index in [0.29, 0.717) is 5.56 Å². The third-order valence-electron chi connectivity index (χ3n) is 1.42. The fourth-order valence-corrected chi connectivity index (χ4v) is 1.37. The minimum atomic E-state index is -0.676. The normalized spacial score (nSPS) is 10.1. The maximum Gasteiger partial charge on any atom is 0.286 e. The first kappa shape index (κ1) is 10.4. The van der Waals surface area contributed by atoms with Crippen molar-refractivity contribution in [1.29, 1.82) is 0 Å². The smallest absolute Gasteiger partial charge is 0.258 e. The largest absolute Gasteiger partial charge is 0.286 e. The van der Waals surface area contributed by atoms with Gasteiger partial charge in [-0.25, -0.2) is 4.39 Å². The van der Waals surface area contributed by atoms with E-state index in [9.17, 15) is 14.5 Å². The van der Waals surface area contributed by atoms with Crippen molar-refractivity contribution in [1.82, 2.24) is 0 Å². The number of nitrogens with zero attached hydrogens (tertiary/aromatic N) is 1. The third-order valence-corrected chi connectivity index (χ3v) is 2.51. The molecule has 1 aromatic carbocycles. The topological polar surface area (TPSA) is 43.1 Å². The highest BCUT2D eigenvalue weighted by molar-refractivity contribution is 9.10. The van der Waals surface area contributed by atoms with E-state index in [2.05, 4.69) is 15.9 Å². The van der Waals surface area contributed by atoms with Crippen LogP contribution in [-0.2, 0) is 5.88 Å². The van der Waals surface area contributed by atoms with Crippen molar-refractivity contribution in [3.05, 3.63) is 38.1 Å². The van der Waals surface area contributed by atoms with E-state index in [1.807, 2.05) is 0 Å². The molecule has 0 N–H and O–H groups in total. The van der Waals surface area contributed by atoms with Crippen molar-refractivity contribution in [2.75, 3.05) is 0 Å². The SMILES string of the molecule is O=[N+]([O-])c1cc(CCl)cc(F)c1Br. The zero-order valence-corrected chi connectivity index (χ0v) is 8.60. The van der Waals surface area contributed by atoms with E-state index in [0.717, 1.165) is 6.07 Å².